The molecule has 0 radical (unpaired) electrons. The molecule has 0 heterocycles. The molecule has 0 spiro atoms. The van der Waals surface area contributed by atoms with E-state index in [2.05, 4.69) is 0 Å². The highest BCUT2D eigenvalue weighted by Crippen LogP contribution is 2.23. The minimum absolute atomic E-state index is 0.143. The lowest BCUT2D eigenvalue weighted by Gasteiger charge is -2.25. The van der Waals surface area contributed by atoms with Gasteiger partial charge in [-0.2, -0.15) is 0 Å². The van der Waals surface area contributed by atoms with Crippen LogP contribution in [-0.4, -0.2) is 52.8 Å². The Morgan fingerprint density at radius 1 is 1.07 bits per heavy atom. The van der Waals surface area contributed by atoms with Gasteiger partial charge < -0.3 is 14.4 Å². The monoisotopic (exact) mass is 420 g/mol. The Hall–Kier alpha value is -2.74. The minimum atomic E-state index is -3.34. The fourth-order valence-electron chi connectivity index (χ4n) is 2.81. The van der Waals surface area contributed by atoms with Crippen molar-refractivity contribution < 1.29 is 22.7 Å². The zero-order valence-electron chi connectivity index (χ0n) is 17.5. The molecule has 0 aromatic heterocycles. The Balaban J connectivity index is 2.07. The quantitative estimate of drug-likeness (QED) is 0.623. The molecule has 0 aliphatic heterocycles. The van der Waals surface area contributed by atoms with Crippen LogP contribution in [-0.2, 0) is 21.4 Å². The van der Waals surface area contributed by atoms with E-state index >= 15 is 0 Å². The van der Waals surface area contributed by atoms with Crippen LogP contribution in [0.5, 0.6) is 11.5 Å². The molecule has 7 nitrogen and oxygen atoms in total. The van der Waals surface area contributed by atoms with Gasteiger partial charge in [0.1, 0.15) is 11.5 Å². The lowest BCUT2D eigenvalue weighted by Crippen LogP contribution is -2.39. The van der Waals surface area contributed by atoms with Crippen molar-refractivity contribution in [2.24, 2.45) is 0 Å². The number of nitrogens with zero attached hydrogens (tertiary/aromatic N) is 2. The summed E-state index contributed by atoms with van der Waals surface area (Å²) >= 11 is 0. The minimum Gasteiger partial charge on any atom is -0.496 e. The van der Waals surface area contributed by atoms with Crippen molar-refractivity contribution in [3.63, 3.8) is 0 Å². The first-order valence-corrected chi connectivity index (χ1v) is 11.1. The van der Waals surface area contributed by atoms with Crippen molar-refractivity contribution in [3.8, 4) is 11.5 Å². The number of hydrogen-bond acceptors (Lipinski definition) is 5. The lowest BCUT2D eigenvalue weighted by molar-refractivity contribution is -0.138. The normalized spacial score (nSPS) is 12.2. The maximum Gasteiger partial charge on any atom is 0.263 e. The molecule has 0 aliphatic rings. The number of anilines is 1. The van der Waals surface area contributed by atoms with Gasteiger partial charge >= 0.3 is 0 Å². The van der Waals surface area contributed by atoms with Gasteiger partial charge in [-0.05, 0) is 36.8 Å². The summed E-state index contributed by atoms with van der Waals surface area (Å²) in [6.45, 7) is 2.28. The van der Waals surface area contributed by atoms with Crippen LogP contribution in [0, 0.1) is 0 Å². The molecule has 0 fully saturated rings. The molecule has 1 amide bonds. The zero-order valence-corrected chi connectivity index (χ0v) is 18.3. The highest BCUT2D eigenvalue weighted by atomic mass is 32.2. The summed E-state index contributed by atoms with van der Waals surface area (Å²) in [5.74, 6) is 1.09. The number of para-hydroxylation sites is 1. The summed E-state index contributed by atoms with van der Waals surface area (Å²) in [5, 5.41) is 0. The standard InChI is InChI=1S/C21H28N2O5S/c1-6-19(21(24)22(2)15-16-9-7-8-10-20(16)27-4)28-18-13-11-17(12-14-18)23(3)29(5,25)26/h7-14,19H,6,15H2,1-5H3/t19-/m1/s1. The zero-order chi connectivity index (χ0) is 21.6. The Morgan fingerprint density at radius 3 is 2.24 bits per heavy atom. The summed E-state index contributed by atoms with van der Waals surface area (Å²) in [4.78, 5) is 14.5. The molecule has 0 saturated heterocycles. The largest absolute Gasteiger partial charge is 0.496 e. The highest BCUT2D eigenvalue weighted by Gasteiger charge is 2.23. The molecule has 0 aliphatic carbocycles. The van der Waals surface area contributed by atoms with Crippen molar-refractivity contribution in [2.45, 2.75) is 26.0 Å². The second-order valence-electron chi connectivity index (χ2n) is 6.75. The Morgan fingerprint density at radius 2 is 1.69 bits per heavy atom. The van der Waals surface area contributed by atoms with Gasteiger partial charge in [0.2, 0.25) is 10.0 Å². The van der Waals surface area contributed by atoms with Gasteiger partial charge in [0.15, 0.2) is 6.10 Å². The molecule has 0 unspecified atom stereocenters. The summed E-state index contributed by atoms with van der Waals surface area (Å²) in [6, 6.07) is 14.2. The lowest BCUT2D eigenvalue weighted by atomic mass is 10.1. The number of likely N-dealkylation sites (N-methyl/N-ethyl adjacent to an activating group) is 1. The molecule has 2 aromatic carbocycles. The second kappa shape index (κ2) is 9.65. The number of methoxy groups -OCH3 is 1. The Bertz CT molecular complexity index is 928. The highest BCUT2D eigenvalue weighted by molar-refractivity contribution is 7.92. The van der Waals surface area contributed by atoms with Crippen molar-refractivity contribution >= 4 is 21.6 Å². The van der Waals surface area contributed by atoms with E-state index in [0.29, 0.717) is 24.4 Å². The number of amides is 1. The van der Waals surface area contributed by atoms with E-state index in [0.717, 1.165) is 17.6 Å². The maximum atomic E-state index is 12.9. The molecule has 0 bridgehead atoms. The van der Waals surface area contributed by atoms with Crippen molar-refractivity contribution in [1.29, 1.82) is 0 Å². The van der Waals surface area contributed by atoms with E-state index < -0.39 is 16.1 Å². The van der Waals surface area contributed by atoms with E-state index in [1.165, 1.54) is 11.4 Å². The first-order chi connectivity index (χ1) is 13.7. The molecule has 2 rings (SSSR count). The topological polar surface area (TPSA) is 76.2 Å². The predicted molar refractivity (Wildman–Crippen MR) is 114 cm³/mol. The summed E-state index contributed by atoms with van der Waals surface area (Å²) in [6.07, 6.45) is 0.995. The van der Waals surface area contributed by atoms with Crippen LogP contribution >= 0.6 is 0 Å². The molecule has 0 N–H and O–H groups in total. The fraction of sp³-hybridized carbons (Fsp3) is 0.381. The molecule has 8 heteroatoms. The van der Waals surface area contributed by atoms with Gasteiger partial charge in [0, 0.05) is 26.2 Å². The average molecular weight is 421 g/mol. The predicted octanol–water partition coefficient (Wildman–Crippen LogP) is 2.91. The third-order valence-corrected chi connectivity index (χ3v) is 5.80. The molecular formula is C21H28N2O5S. The molecule has 158 valence electrons. The van der Waals surface area contributed by atoms with Crippen molar-refractivity contribution in [1.82, 2.24) is 4.90 Å². The van der Waals surface area contributed by atoms with Gasteiger partial charge in [-0.15, -0.1) is 0 Å². The molecular weight excluding hydrogens is 392 g/mol. The van der Waals surface area contributed by atoms with E-state index in [4.69, 9.17) is 9.47 Å². The number of rotatable bonds is 9. The first-order valence-electron chi connectivity index (χ1n) is 9.24. The van der Waals surface area contributed by atoms with Crippen LogP contribution in [0.4, 0.5) is 5.69 Å². The second-order valence-corrected chi connectivity index (χ2v) is 8.76. The van der Waals surface area contributed by atoms with Crippen LogP contribution in [0.2, 0.25) is 0 Å². The summed E-state index contributed by atoms with van der Waals surface area (Å²) in [5.41, 5.74) is 1.43. The smallest absolute Gasteiger partial charge is 0.263 e. The van der Waals surface area contributed by atoms with Crippen LogP contribution in [0.1, 0.15) is 18.9 Å². The van der Waals surface area contributed by atoms with E-state index in [-0.39, 0.29) is 5.91 Å². The van der Waals surface area contributed by atoms with E-state index in [9.17, 15) is 13.2 Å². The molecule has 2 aromatic rings. The third-order valence-electron chi connectivity index (χ3n) is 4.60. The van der Waals surface area contributed by atoms with Crippen LogP contribution in [0.15, 0.2) is 48.5 Å². The molecule has 29 heavy (non-hydrogen) atoms. The van der Waals surface area contributed by atoms with Gasteiger partial charge in [-0.1, -0.05) is 25.1 Å². The van der Waals surface area contributed by atoms with Crippen LogP contribution in [0.3, 0.4) is 0 Å². The third kappa shape index (κ3) is 5.87. The van der Waals surface area contributed by atoms with Gasteiger partial charge in [-0.3, -0.25) is 9.10 Å². The molecule has 1 atom stereocenters. The summed E-state index contributed by atoms with van der Waals surface area (Å²) < 4.78 is 35.7. The first kappa shape index (κ1) is 22.5. The SMILES string of the molecule is CC[C@@H](Oc1ccc(N(C)S(C)(=O)=O)cc1)C(=O)N(C)Cc1ccccc1OC. The van der Waals surface area contributed by atoms with Gasteiger partial charge in [0.25, 0.3) is 5.91 Å². The van der Waals surface area contributed by atoms with Crippen LogP contribution in [0.25, 0.3) is 0 Å². The Labute approximate surface area is 172 Å². The number of carbonyl (C=O) groups excluding carboxylic acids is 1. The van der Waals surface area contributed by atoms with Crippen molar-refractivity contribution in [3.05, 3.63) is 54.1 Å². The van der Waals surface area contributed by atoms with Crippen molar-refractivity contribution in [2.75, 3.05) is 31.8 Å². The average Bonchev–Trinajstić information content (AvgIpc) is 2.71. The number of carbonyl (C=O) groups is 1. The van der Waals surface area contributed by atoms with E-state index in [1.54, 1.807) is 43.3 Å². The summed E-state index contributed by atoms with van der Waals surface area (Å²) in [7, 11) is 1.48. The maximum absolute atomic E-state index is 12.9. The van der Waals surface area contributed by atoms with Gasteiger partial charge in [-0.25, -0.2) is 8.42 Å². The number of hydrogen-bond donors (Lipinski definition) is 0. The Kier molecular flexibility index (Phi) is 7.50. The molecule has 0 saturated carbocycles. The van der Waals surface area contributed by atoms with E-state index in [1.807, 2.05) is 31.2 Å². The van der Waals surface area contributed by atoms with Gasteiger partial charge in [0.05, 0.1) is 19.1 Å². The fourth-order valence-corrected chi connectivity index (χ4v) is 3.32. The number of benzene rings is 2. The van der Waals surface area contributed by atoms with Crippen LogP contribution < -0.4 is 13.8 Å². The number of sulfonamides is 1. The number of ether oxygens (including phenoxy) is 2.